The van der Waals surface area contributed by atoms with Gasteiger partial charge in [0.2, 0.25) is 12.2 Å². The summed E-state index contributed by atoms with van der Waals surface area (Å²) in [6.45, 7) is 23.5. The molecule has 4 aromatic heterocycles. The van der Waals surface area contributed by atoms with E-state index in [2.05, 4.69) is 165 Å². The Labute approximate surface area is 703 Å². The van der Waals surface area contributed by atoms with Crippen LogP contribution in [0.1, 0.15) is 125 Å². The van der Waals surface area contributed by atoms with Crippen molar-refractivity contribution in [3.63, 3.8) is 0 Å². The molecule has 618 valence electrons. The summed E-state index contributed by atoms with van der Waals surface area (Å²) in [7, 11) is 0. The van der Waals surface area contributed by atoms with Gasteiger partial charge in [-0.3, -0.25) is 39.9 Å². The Hall–Kier alpha value is -13.7. The summed E-state index contributed by atoms with van der Waals surface area (Å²) in [5, 5.41) is 7.91. The molecule has 0 bridgehead atoms. The van der Waals surface area contributed by atoms with E-state index >= 15 is 0 Å². The zero-order chi connectivity index (χ0) is 85.5. The van der Waals surface area contributed by atoms with E-state index in [4.69, 9.17) is 9.26 Å². The van der Waals surface area contributed by atoms with E-state index in [1.165, 1.54) is 94.0 Å². The highest BCUT2D eigenvalue weighted by molar-refractivity contribution is 5.97. The fraction of sp³-hybridized carbons (Fsp3) is 0.253. The molecule has 8 aromatic carbocycles. The Balaban J connectivity index is 0.000000111. The number of anilines is 1. The highest BCUT2D eigenvalue weighted by Gasteiger charge is 2.23. The average molecular weight is 1640 g/mol. The molecule has 21 nitrogen and oxygen atoms in total. The van der Waals surface area contributed by atoms with Gasteiger partial charge in [-0.25, -0.2) is 60.9 Å². The molecule has 0 atom stereocenters. The number of pyridine rings is 1. The number of hydrogen-bond donors (Lipinski definition) is 0. The fourth-order valence-electron chi connectivity index (χ4n) is 14.9. The number of rotatable bonds is 3. The lowest BCUT2D eigenvalue weighted by Crippen LogP contribution is -2.36. The van der Waals surface area contributed by atoms with Crippen molar-refractivity contribution in [1.82, 2.24) is 39.9 Å². The number of nitrogens with zero attached hydrogens (tertiary/aromatic N) is 19. The number of hydrogen-bond acceptors (Lipinski definition) is 20. The number of fused-ring (bicyclic) bond motifs is 10. The first-order valence-electron chi connectivity index (χ1n) is 40.0. The normalized spacial score (nSPS) is 15.0. The molecular weight excluding hydrogens is 1550 g/mol. The molecule has 0 aliphatic carbocycles. The van der Waals surface area contributed by atoms with E-state index in [9.17, 15) is 26.3 Å². The van der Waals surface area contributed by atoms with Crippen LogP contribution in [0.4, 0.5) is 89.2 Å². The van der Waals surface area contributed by atoms with Crippen molar-refractivity contribution in [3.05, 3.63) is 280 Å². The van der Waals surface area contributed by atoms with Gasteiger partial charge in [0.1, 0.15) is 30.6 Å². The van der Waals surface area contributed by atoms with E-state index in [1.54, 1.807) is 42.3 Å². The SMILES string of the molecule is CC1=Nc2cc(F)c(F)cc2C1.CC1=Nc2ccc(-c3ncon3)cc2C1.CC1=Nc2ccc(-n3cncn3)cc2C1.CC1=Nc2ccc(F)c(F)c2C1.CC1=Nc2ccc(F)cc2C1.CC1=Nc2ccc(N3CCOCC3)cc2C1.CC1=Nc2cccc(F)c2C1.CC1=Nc2ccccc2C1.CC1=Nc2ncccc2C1.CC1=Nc2ncncc2C1. The van der Waals surface area contributed by atoms with Gasteiger partial charge in [-0.1, -0.05) is 35.5 Å². The fourth-order valence-corrected chi connectivity index (χ4v) is 14.9. The van der Waals surface area contributed by atoms with Crippen LogP contribution in [0, 0.1) is 34.9 Å². The topological polar surface area (TPSA) is 244 Å². The third kappa shape index (κ3) is 21.8. The zero-order valence-corrected chi connectivity index (χ0v) is 69.4. The molecule has 0 saturated carbocycles. The molecule has 15 heterocycles. The summed E-state index contributed by atoms with van der Waals surface area (Å²) in [5.41, 5.74) is 31.9. The van der Waals surface area contributed by atoms with Gasteiger partial charge in [-0.15, -0.1) is 0 Å². The van der Waals surface area contributed by atoms with E-state index < -0.39 is 23.3 Å². The van der Waals surface area contributed by atoms with Crippen LogP contribution in [-0.4, -0.2) is 123 Å². The predicted molar refractivity (Wildman–Crippen MR) is 474 cm³/mol. The van der Waals surface area contributed by atoms with Crippen LogP contribution >= 0.6 is 0 Å². The van der Waals surface area contributed by atoms with Crippen LogP contribution in [0.3, 0.4) is 0 Å². The van der Waals surface area contributed by atoms with Gasteiger partial charge in [-0.05, 0) is 218 Å². The molecule has 122 heavy (non-hydrogen) atoms. The molecule has 0 amide bonds. The third-order valence-electron chi connectivity index (χ3n) is 20.5. The minimum absolute atomic E-state index is 0.136. The van der Waals surface area contributed by atoms with E-state index in [1.807, 2.05) is 90.2 Å². The molecule has 27 heteroatoms. The number of aliphatic imine (C=N–C) groups is 10. The molecule has 11 aliphatic heterocycles. The smallest absolute Gasteiger partial charge is 0.214 e. The van der Waals surface area contributed by atoms with Crippen LogP contribution in [0.15, 0.2) is 244 Å². The largest absolute Gasteiger partial charge is 0.378 e. The molecule has 11 aliphatic rings. The highest BCUT2D eigenvalue weighted by atomic mass is 19.2. The van der Waals surface area contributed by atoms with Gasteiger partial charge in [0, 0.05) is 186 Å². The Morgan fingerprint density at radius 3 is 1.43 bits per heavy atom. The quantitative estimate of drug-likeness (QED) is 0.151. The first kappa shape index (κ1) is 84.8. The van der Waals surface area contributed by atoms with Gasteiger partial charge >= 0.3 is 0 Å². The number of para-hydroxylation sites is 1. The lowest BCUT2D eigenvalue weighted by Gasteiger charge is -2.29. The molecule has 0 N–H and O–H groups in total. The van der Waals surface area contributed by atoms with E-state index in [0.717, 1.165) is 203 Å². The molecule has 0 unspecified atom stereocenters. The Bertz CT molecular complexity index is 5990. The number of halogens is 6. The first-order chi connectivity index (χ1) is 58.9. The van der Waals surface area contributed by atoms with Gasteiger partial charge in [0.25, 0.3) is 0 Å². The predicted octanol–water partition coefficient (Wildman–Crippen LogP) is 21.8. The van der Waals surface area contributed by atoms with Crippen LogP contribution < -0.4 is 4.90 Å². The van der Waals surface area contributed by atoms with Crippen molar-refractivity contribution in [2.75, 3.05) is 31.2 Å². The summed E-state index contributed by atoms with van der Waals surface area (Å²) < 4.78 is 88.5. The second kappa shape index (κ2) is 39.0. The van der Waals surface area contributed by atoms with E-state index in [-0.39, 0.29) is 11.6 Å². The molecule has 1 saturated heterocycles. The molecule has 0 spiro atoms. The lowest BCUT2D eigenvalue weighted by atomic mass is 10.1. The van der Waals surface area contributed by atoms with Crippen molar-refractivity contribution in [1.29, 1.82) is 0 Å². The van der Waals surface area contributed by atoms with Crippen molar-refractivity contribution in [2.45, 2.75) is 133 Å². The number of ether oxygens (including phenoxy) is 1. The van der Waals surface area contributed by atoms with Gasteiger partial charge < -0.3 is 14.2 Å². The first-order valence-corrected chi connectivity index (χ1v) is 40.0. The van der Waals surface area contributed by atoms with Crippen molar-refractivity contribution in [2.24, 2.45) is 49.9 Å². The maximum atomic E-state index is 13.0. The Kier molecular flexibility index (Phi) is 27.1. The Morgan fingerprint density at radius 1 is 0.336 bits per heavy atom. The molecule has 12 aromatic rings. The number of morpholine rings is 1. The maximum absolute atomic E-state index is 13.0. The van der Waals surface area contributed by atoms with Crippen molar-refractivity contribution < 1.29 is 35.6 Å². The summed E-state index contributed by atoms with van der Waals surface area (Å²) in [4.78, 5) is 65.2. The summed E-state index contributed by atoms with van der Waals surface area (Å²) in [6.07, 6.45) is 18.0. The third-order valence-corrected chi connectivity index (χ3v) is 20.5. The molecular formula is C95H89F6N19O2. The summed E-state index contributed by atoms with van der Waals surface area (Å²) in [5.74, 6) is -1.11. The summed E-state index contributed by atoms with van der Waals surface area (Å²) in [6, 6.07) is 45.8. The summed E-state index contributed by atoms with van der Waals surface area (Å²) >= 11 is 0. The molecule has 0 radical (unpaired) electrons. The van der Waals surface area contributed by atoms with Gasteiger partial charge in [0.05, 0.1) is 64.4 Å². The van der Waals surface area contributed by atoms with Crippen LogP contribution in [-0.2, 0) is 68.9 Å². The minimum atomic E-state index is -0.827. The van der Waals surface area contributed by atoms with Crippen molar-refractivity contribution in [3.8, 4) is 17.1 Å². The van der Waals surface area contributed by atoms with Gasteiger partial charge in [0.15, 0.2) is 34.9 Å². The number of benzene rings is 8. The monoisotopic (exact) mass is 1640 g/mol. The second-order valence-corrected chi connectivity index (χ2v) is 30.7. The van der Waals surface area contributed by atoms with E-state index in [0.29, 0.717) is 42.0 Å². The lowest BCUT2D eigenvalue weighted by molar-refractivity contribution is 0.122. The highest BCUT2D eigenvalue weighted by Crippen LogP contribution is 2.37. The Morgan fingerprint density at radius 2 is 0.820 bits per heavy atom. The van der Waals surface area contributed by atoms with Crippen LogP contribution in [0.25, 0.3) is 17.1 Å². The second-order valence-electron chi connectivity index (χ2n) is 30.7. The van der Waals surface area contributed by atoms with Crippen molar-refractivity contribution >= 4 is 120 Å². The standard InChI is InChI=1S/C13H16N2O.C11H10N4.C11H9N3O.2C9H7F2N.2C9H8FN.C9H9N.C8H8N2.C7H7N3/c1-10-8-11-9-12(2-3-13(11)14-10)15-4-6-16-7-5-15;1-8-4-9-5-10(2-3-11(9)14-8)15-7-12-6-13-15;1-7-4-9-5-8(2-3-10(9)13-7)11-12-6-15-14-11;1-5-2-6-3-7(10)8(11)4-9(6)12-5;1-5-4-6-8(12-5)3-2-7(10)9(6)11;1-6-4-7-5-8(10)2-3-9(7)11-6;1-6-5-7-8(10)3-2-4-9(7)11-6;1-7-6-8-4-2-3-5-9(8)10-7;1-6-5-7-3-2-4-9-8(7)10-6;1-5-2-6-3-8-4-9-7(6)10-5/h2-3,9H,4-8H2,1H3;2-3,5-7H,4H2,1H3;2-3,5-6H,4H2,1H3;3-4H,2H2,1H3;2-3H,4H2,1H3;2-3,5H,4H2,1H3;2-4H,5H2,1H3;2-5H,6H2,1H3;2-4H,5H2,1H3;3-4H,2H2,1H3. The molecule has 1 fully saturated rings. The van der Waals surface area contributed by atoms with Gasteiger partial charge in [-0.2, -0.15) is 10.1 Å². The zero-order valence-electron chi connectivity index (χ0n) is 69.4. The van der Waals surface area contributed by atoms with Crippen LogP contribution in [0.5, 0.6) is 0 Å². The van der Waals surface area contributed by atoms with Crippen LogP contribution in [0.2, 0.25) is 0 Å². The minimum Gasteiger partial charge on any atom is -0.378 e. The maximum Gasteiger partial charge on any atom is 0.214 e. The molecule has 23 rings (SSSR count). The number of aromatic nitrogens is 8. The average Bonchev–Trinajstić information content (AvgIpc) is 1.63.